The third-order valence-electron chi connectivity index (χ3n) is 4.33. The molecule has 0 saturated carbocycles. The quantitative estimate of drug-likeness (QED) is 0.611. The lowest BCUT2D eigenvalue weighted by Crippen LogP contribution is -2.38. The first-order chi connectivity index (χ1) is 12.1. The zero-order valence-corrected chi connectivity index (χ0v) is 14.6. The Balaban J connectivity index is 1.59. The summed E-state index contributed by atoms with van der Waals surface area (Å²) in [6, 6.07) is 0. The maximum atomic E-state index is 12.2. The minimum Gasteiger partial charge on any atom is -0.379 e. The first kappa shape index (κ1) is 17.6. The highest BCUT2D eigenvalue weighted by atomic mass is 16.5. The average molecular weight is 349 g/mol. The Morgan fingerprint density at radius 1 is 1.12 bits per heavy atom. The molecule has 136 valence electrons. The number of nitrogens with one attached hydrogen (secondary N) is 1. The molecule has 0 aromatic carbocycles. The van der Waals surface area contributed by atoms with Gasteiger partial charge in [-0.25, -0.2) is 9.78 Å². The molecule has 2 aromatic rings. The van der Waals surface area contributed by atoms with E-state index in [1.165, 1.54) is 11.6 Å². The van der Waals surface area contributed by atoms with Crippen LogP contribution in [0.25, 0.3) is 11.2 Å². The molecular formula is C15H23N7O3. The summed E-state index contributed by atoms with van der Waals surface area (Å²) in [6.07, 6.45) is 1.01. The lowest BCUT2D eigenvalue weighted by molar-refractivity contribution is 0.0374. The largest absolute Gasteiger partial charge is 0.379 e. The van der Waals surface area contributed by atoms with Gasteiger partial charge in [-0.3, -0.25) is 18.8 Å². The Kier molecular flexibility index (Phi) is 5.51. The van der Waals surface area contributed by atoms with Crippen molar-refractivity contribution in [3.63, 3.8) is 0 Å². The van der Waals surface area contributed by atoms with E-state index < -0.39 is 11.2 Å². The summed E-state index contributed by atoms with van der Waals surface area (Å²) in [5, 5.41) is 11.3. The maximum absolute atomic E-state index is 12.2. The zero-order valence-electron chi connectivity index (χ0n) is 14.6. The van der Waals surface area contributed by atoms with Gasteiger partial charge in [-0.05, 0) is 19.5 Å². The van der Waals surface area contributed by atoms with Gasteiger partial charge in [0.1, 0.15) is 0 Å². The number of ether oxygens (including phenoxy) is 1. The van der Waals surface area contributed by atoms with E-state index in [4.69, 9.17) is 4.74 Å². The normalized spacial score (nSPS) is 15.8. The van der Waals surface area contributed by atoms with Crippen molar-refractivity contribution in [2.75, 3.05) is 39.4 Å². The van der Waals surface area contributed by atoms with Crippen LogP contribution in [0, 0.1) is 0 Å². The van der Waals surface area contributed by atoms with Crippen molar-refractivity contribution >= 4 is 11.2 Å². The van der Waals surface area contributed by atoms with Gasteiger partial charge in [-0.1, -0.05) is 0 Å². The summed E-state index contributed by atoms with van der Waals surface area (Å²) in [7, 11) is 2.97. The Labute approximate surface area is 144 Å². The van der Waals surface area contributed by atoms with Gasteiger partial charge in [-0.2, -0.15) is 0 Å². The van der Waals surface area contributed by atoms with Crippen LogP contribution in [-0.4, -0.2) is 68.6 Å². The predicted octanol–water partition coefficient (Wildman–Crippen LogP) is -1.77. The van der Waals surface area contributed by atoms with Crippen molar-refractivity contribution in [3.8, 4) is 0 Å². The second-order valence-electron chi connectivity index (χ2n) is 6.09. The van der Waals surface area contributed by atoms with Gasteiger partial charge < -0.3 is 10.1 Å². The molecule has 25 heavy (non-hydrogen) atoms. The number of aryl methyl sites for hydroxylation is 1. The topological polar surface area (TPSA) is 107 Å². The van der Waals surface area contributed by atoms with Crippen LogP contribution in [0.1, 0.15) is 12.2 Å². The van der Waals surface area contributed by atoms with Gasteiger partial charge in [0.15, 0.2) is 17.0 Å². The van der Waals surface area contributed by atoms with E-state index in [1.54, 1.807) is 7.05 Å². The van der Waals surface area contributed by atoms with Crippen molar-refractivity contribution in [3.05, 3.63) is 26.7 Å². The van der Waals surface area contributed by atoms with Crippen LogP contribution < -0.4 is 16.6 Å². The molecule has 1 aliphatic rings. The minimum absolute atomic E-state index is 0.157. The Morgan fingerprint density at radius 2 is 1.88 bits per heavy atom. The Hall–Kier alpha value is -2.17. The molecule has 0 amide bonds. The van der Waals surface area contributed by atoms with E-state index in [-0.39, 0.29) is 11.2 Å². The fraction of sp³-hybridized carbons (Fsp3) is 0.667. The smallest absolute Gasteiger partial charge is 0.332 e. The third kappa shape index (κ3) is 3.91. The molecule has 0 aliphatic carbocycles. The van der Waals surface area contributed by atoms with Gasteiger partial charge in [0.2, 0.25) is 0 Å². The predicted molar refractivity (Wildman–Crippen MR) is 91.4 cm³/mol. The molecule has 0 bridgehead atoms. The maximum Gasteiger partial charge on any atom is 0.332 e. The van der Waals surface area contributed by atoms with Crippen LogP contribution in [-0.2, 0) is 25.4 Å². The van der Waals surface area contributed by atoms with Crippen LogP contribution in [0.15, 0.2) is 9.59 Å². The van der Waals surface area contributed by atoms with E-state index in [1.807, 2.05) is 0 Å². The highest BCUT2D eigenvalue weighted by molar-refractivity contribution is 5.67. The van der Waals surface area contributed by atoms with Crippen LogP contribution >= 0.6 is 0 Å². The van der Waals surface area contributed by atoms with E-state index >= 15 is 0 Å². The van der Waals surface area contributed by atoms with Crippen LogP contribution in [0.2, 0.25) is 0 Å². The van der Waals surface area contributed by atoms with Crippen LogP contribution in [0.4, 0.5) is 0 Å². The Morgan fingerprint density at radius 3 is 2.64 bits per heavy atom. The van der Waals surface area contributed by atoms with Crippen molar-refractivity contribution in [1.82, 2.24) is 34.5 Å². The Bertz CT molecular complexity index is 855. The molecule has 0 radical (unpaired) electrons. The molecular weight excluding hydrogens is 326 g/mol. The summed E-state index contributed by atoms with van der Waals surface area (Å²) in [4.78, 5) is 30.7. The van der Waals surface area contributed by atoms with Gasteiger partial charge in [0, 0.05) is 27.2 Å². The summed E-state index contributed by atoms with van der Waals surface area (Å²) in [5.41, 5.74) is -0.543. The first-order valence-electron chi connectivity index (χ1n) is 8.38. The molecule has 3 heterocycles. The van der Waals surface area contributed by atoms with E-state index in [2.05, 4.69) is 25.4 Å². The van der Waals surface area contributed by atoms with E-state index in [0.717, 1.165) is 50.4 Å². The molecule has 1 saturated heterocycles. The van der Waals surface area contributed by atoms with Gasteiger partial charge >= 0.3 is 5.69 Å². The van der Waals surface area contributed by atoms with Gasteiger partial charge in [0.05, 0.1) is 19.8 Å². The van der Waals surface area contributed by atoms with Crippen molar-refractivity contribution in [1.29, 1.82) is 0 Å². The number of hydrogen-bond donors (Lipinski definition) is 1. The highest BCUT2D eigenvalue weighted by Crippen LogP contribution is 2.00. The second kappa shape index (κ2) is 7.81. The second-order valence-corrected chi connectivity index (χ2v) is 6.09. The highest BCUT2D eigenvalue weighted by Gasteiger charge is 2.13. The van der Waals surface area contributed by atoms with E-state index in [0.29, 0.717) is 12.4 Å². The zero-order chi connectivity index (χ0) is 17.8. The number of fused-ring (bicyclic) bond motifs is 1. The summed E-state index contributed by atoms with van der Waals surface area (Å²) >= 11 is 0. The molecule has 0 atom stereocenters. The first-order valence-corrected chi connectivity index (χ1v) is 8.38. The van der Waals surface area contributed by atoms with Gasteiger partial charge in [-0.15, -0.1) is 10.2 Å². The summed E-state index contributed by atoms with van der Waals surface area (Å²) < 4.78 is 7.62. The number of rotatable bonds is 6. The van der Waals surface area contributed by atoms with E-state index in [9.17, 15) is 9.59 Å². The monoisotopic (exact) mass is 349 g/mol. The molecule has 10 nitrogen and oxygen atoms in total. The number of aromatic nitrogens is 5. The third-order valence-corrected chi connectivity index (χ3v) is 4.33. The lowest BCUT2D eigenvalue weighted by atomic mass is 10.3. The molecule has 10 heteroatoms. The molecule has 1 aliphatic heterocycles. The molecule has 0 spiro atoms. The van der Waals surface area contributed by atoms with Crippen LogP contribution in [0.5, 0.6) is 0 Å². The molecule has 2 aromatic heterocycles. The number of nitrogens with zero attached hydrogens (tertiary/aromatic N) is 6. The standard InChI is InChI=1S/C15H23N7O3/c1-20-13-12(14(23)21(2)15(20)24)17-11(18-19-13)10-16-4-3-5-22-6-8-25-9-7-22/h16H,3-10H2,1-2H3. The molecule has 0 unspecified atom stereocenters. The molecule has 1 N–H and O–H groups in total. The van der Waals surface area contributed by atoms with Crippen LogP contribution in [0.3, 0.4) is 0 Å². The molecule has 1 fully saturated rings. The SMILES string of the molecule is Cn1c(=O)c2nc(CNCCCN3CCOCC3)nnc2n(C)c1=O. The fourth-order valence-corrected chi connectivity index (χ4v) is 2.81. The minimum atomic E-state index is -0.457. The van der Waals surface area contributed by atoms with Crippen molar-refractivity contribution in [2.24, 2.45) is 14.1 Å². The average Bonchev–Trinajstić information content (AvgIpc) is 2.65. The molecule has 3 rings (SSSR count). The van der Waals surface area contributed by atoms with Crippen molar-refractivity contribution < 1.29 is 4.74 Å². The number of hydrogen-bond acceptors (Lipinski definition) is 8. The summed E-state index contributed by atoms with van der Waals surface area (Å²) in [6.45, 7) is 5.86. The van der Waals surface area contributed by atoms with Crippen molar-refractivity contribution in [2.45, 2.75) is 13.0 Å². The van der Waals surface area contributed by atoms with Gasteiger partial charge in [0.25, 0.3) is 5.56 Å². The number of morpholine rings is 1. The lowest BCUT2D eigenvalue weighted by Gasteiger charge is -2.26. The summed E-state index contributed by atoms with van der Waals surface area (Å²) in [5.74, 6) is 0.439. The fourth-order valence-electron chi connectivity index (χ4n) is 2.81.